The van der Waals surface area contributed by atoms with Gasteiger partial charge in [-0.25, -0.2) is 5.01 Å². The average molecular weight is 500 g/mol. The fourth-order valence-electron chi connectivity index (χ4n) is 5.59. The second-order valence-electron chi connectivity index (χ2n) is 10.3. The maximum atomic E-state index is 13.6. The lowest BCUT2D eigenvalue weighted by Crippen LogP contribution is -2.42. The van der Waals surface area contributed by atoms with Crippen molar-refractivity contribution in [3.05, 3.63) is 106 Å². The second kappa shape index (κ2) is 11.0. The van der Waals surface area contributed by atoms with Crippen molar-refractivity contribution in [2.75, 3.05) is 19.6 Å². The molecule has 1 atom stereocenters. The van der Waals surface area contributed by atoms with Gasteiger partial charge in [-0.05, 0) is 74.9 Å². The molecule has 0 spiro atoms. The number of hydrogen-bond acceptors (Lipinski definition) is 3. The lowest BCUT2D eigenvalue weighted by Gasteiger charge is -2.33. The van der Waals surface area contributed by atoms with E-state index in [1.54, 1.807) is 5.01 Å². The maximum absolute atomic E-state index is 13.6. The van der Waals surface area contributed by atoms with E-state index >= 15 is 0 Å². The highest BCUT2D eigenvalue weighted by molar-refractivity contribution is 6.31. The number of hydrazone groups is 1. The summed E-state index contributed by atoms with van der Waals surface area (Å²) in [4.78, 5) is 15.9. The molecule has 0 aliphatic carbocycles. The molecule has 0 bridgehead atoms. The molecule has 2 aliphatic rings. The first-order valence-electron chi connectivity index (χ1n) is 13.0. The van der Waals surface area contributed by atoms with Crippen LogP contribution < -0.4 is 0 Å². The smallest absolute Gasteiger partial charge is 0.257 e. The van der Waals surface area contributed by atoms with Crippen LogP contribution in [0.2, 0.25) is 5.02 Å². The van der Waals surface area contributed by atoms with Crippen LogP contribution in [0, 0.1) is 19.8 Å². The monoisotopic (exact) mass is 499 g/mol. The molecular weight excluding hydrogens is 466 g/mol. The highest BCUT2D eigenvalue weighted by Gasteiger charge is 2.35. The highest BCUT2D eigenvalue weighted by atomic mass is 35.5. The van der Waals surface area contributed by atoms with E-state index in [4.69, 9.17) is 16.7 Å². The summed E-state index contributed by atoms with van der Waals surface area (Å²) in [5, 5.41) is 7.28. The Labute approximate surface area is 219 Å². The van der Waals surface area contributed by atoms with E-state index in [1.807, 2.05) is 24.3 Å². The summed E-state index contributed by atoms with van der Waals surface area (Å²) < 4.78 is 0. The van der Waals surface area contributed by atoms with Crippen molar-refractivity contribution < 1.29 is 4.79 Å². The zero-order valence-electron chi connectivity index (χ0n) is 21.2. The summed E-state index contributed by atoms with van der Waals surface area (Å²) >= 11 is 6.60. The van der Waals surface area contributed by atoms with E-state index in [-0.39, 0.29) is 11.9 Å². The molecule has 3 aromatic carbocycles. The number of carbonyl (C=O) groups excluding carboxylic acids is 1. The Morgan fingerprint density at radius 1 is 0.972 bits per heavy atom. The van der Waals surface area contributed by atoms with Crippen LogP contribution in [0.1, 0.15) is 53.1 Å². The van der Waals surface area contributed by atoms with Crippen LogP contribution >= 0.6 is 11.6 Å². The van der Waals surface area contributed by atoms with Gasteiger partial charge in [-0.1, -0.05) is 83.9 Å². The molecule has 186 valence electrons. The van der Waals surface area contributed by atoms with Gasteiger partial charge in [0, 0.05) is 17.0 Å². The second-order valence-corrected chi connectivity index (χ2v) is 10.7. The van der Waals surface area contributed by atoms with E-state index in [9.17, 15) is 4.79 Å². The normalized spacial score (nSPS) is 18.9. The minimum atomic E-state index is -0.183. The number of aryl methyl sites for hydroxylation is 2. The molecule has 0 aromatic heterocycles. The lowest BCUT2D eigenvalue weighted by atomic mass is 9.90. The van der Waals surface area contributed by atoms with Gasteiger partial charge >= 0.3 is 0 Å². The Hall–Kier alpha value is -2.95. The number of likely N-dealkylation sites (tertiary alicyclic amines) is 1. The van der Waals surface area contributed by atoms with Gasteiger partial charge in [-0.3, -0.25) is 9.69 Å². The number of rotatable bonds is 6. The van der Waals surface area contributed by atoms with Crippen molar-refractivity contribution in [1.82, 2.24) is 9.91 Å². The molecule has 1 amide bonds. The predicted molar refractivity (Wildman–Crippen MR) is 147 cm³/mol. The van der Waals surface area contributed by atoms with Crippen molar-refractivity contribution in [3.63, 3.8) is 0 Å². The Balaban J connectivity index is 1.30. The Kier molecular flexibility index (Phi) is 7.54. The number of piperidine rings is 1. The van der Waals surface area contributed by atoms with Crippen LogP contribution in [0.15, 0.2) is 77.9 Å². The third-order valence-electron chi connectivity index (χ3n) is 7.56. The van der Waals surface area contributed by atoms with Gasteiger partial charge in [0.2, 0.25) is 0 Å². The topological polar surface area (TPSA) is 35.9 Å². The van der Waals surface area contributed by atoms with Crippen LogP contribution in [-0.2, 0) is 11.2 Å². The molecule has 36 heavy (non-hydrogen) atoms. The predicted octanol–water partition coefficient (Wildman–Crippen LogP) is 6.59. The lowest BCUT2D eigenvalue weighted by molar-refractivity contribution is -0.134. The quantitative estimate of drug-likeness (QED) is 0.383. The van der Waals surface area contributed by atoms with Gasteiger partial charge in [0.05, 0.1) is 18.3 Å². The van der Waals surface area contributed by atoms with Crippen LogP contribution in [-0.4, -0.2) is 41.2 Å². The SMILES string of the molecule is Cc1ccc(C2=NN(C(=O)CN3CCC(Cc4ccccc4)CC3)[C@@H](c3ccccc3Cl)C2)c(C)c1. The van der Waals surface area contributed by atoms with Gasteiger partial charge in [0.25, 0.3) is 5.91 Å². The molecule has 5 rings (SSSR count). The molecule has 5 heteroatoms. The third-order valence-corrected chi connectivity index (χ3v) is 7.90. The first-order valence-corrected chi connectivity index (χ1v) is 13.3. The van der Waals surface area contributed by atoms with E-state index < -0.39 is 0 Å². The standard InChI is InChI=1S/C31H34ClN3O/c1-22-12-13-26(23(2)18-22)29-20-30(27-10-6-7-11-28(27)32)35(33-29)31(36)21-34-16-14-25(15-17-34)19-24-8-4-3-5-9-24/h3-13,18,25,30H,14-17,19-21H2,1-2H3/t30-/m1/s1. The van der Waals surface area contributed by atoms with Crippen molar-refractivity contribution in [2.24, 2.45) is 11.0 Å². The molecular formula is C31H34ClN3O. The first kappa shape index (κ1) is 24.7. The van der Waals surface area contributed by atoms with Gasteiger partial charge in [0.15, 0.2) is 0 Å². The summed E-state index contributed by atoms with van der Waals surface area (Å²) in [7, 11) is 0. The van der Waals surface area contributed by atoms with E-state index in [1.165, 1.54) is 16.7 Å². The van der Waals surface area contributed by atoms with Gasteiger partial charge in [0.1, 0.15) is 0 Å². The molecule has 1 saturated heterocycles. The van der Waals surface area contributed by atoms with Crippen LogP contribution in [0.5, 0.6) is 0 Å². The summed E-state index contributed by atoms with van der Waals surface area (Å²) in [6, 6.07) is 24.8. The molecule has 0 saturated carbocycles. The zero-order chi connectivity index (χ0) is 25.1. The Morgan fingerprint density at radius 3 is 2.42 bits per heavy atom. The van der Waals surface area contributed by atoms with Gasteiger partial charge in [-0.2, -0.15) is 5.10 Å². The number of amides is 1. The van der Waals surface area contributed by atoms with Crippen molar-refractivity contribution in [1.29, 1.82) is 0 Å². The molecule has 4 nitrogen and oxygen atoms in total. The van der Waals surface area contributed by atoms with Crippen molar-refractivity contribution >= 4 is 23.2 Å². The number of hydrogen-bond donors (Lipinski definition) is 0. The summed E-state index contributed by atoms with van der Waals surface area (Å²) in [6.45, 7) is 6.49. The maximum Gasteiger partial charge on any atom is 0.257 e. The van der Waals surface area contributed by atoms with E-state index in [2.05, 4.69) is 67.3 Å². The summed E-state index contributed by atoms with van der Waals surface area (Å²) in [5.41, 5.74) is 6.82. The van der Waals surface area contributed by atoms with E-state index in [0.717, 1.165) is 49.2 Å². The third kappa shape index (κ3) is 5.55. The highest BCUT2D eigenvalue weighted by Crippen LogP contribution is 2.37. The molecule has 0 radical (unpaired) electrons. The molecule has 2 aliphatic heterocycles. The van der Waals surface area contributed by atoms with Crippen LogP contribution in [0.25, 0.3) is 0 Å². The van der Waals surface area contributed by atoms with E-state index in [0.29, 0.717) is 23.9 Å². The fraction of sp³-hybridized carbons (Fsp3) is 0.355. The fourth-order valence-corrected chi connectivity index (χ4v) is 5.85. The van der Waals surface area contributed by atoms with Gasteiger partial charge < -0.3 is 0 Å². The average Bonchev–Trinajstić information content (AvgIpc) is 3.31. The largest absolute Gasteiger partial charge is 0.294 e. The zero-order valence-corrected chi connectivity index (χ0v) is 21.9. The van der Waals surface area contributed by atoms with Crippen LogP contribution in [0.3, 0.4) is 0 Å². The molecule has 0 N–H and O–H groups in total. The summed E-state index contributed by atoms with van der Waals surface area (Å²) in [5.74, 6) is 0.719. The van der Waals surface area contributed by atoms with Crippen molar-refractivity contribution in [3.8, 4) is 0 Å². The molecule has 3 aromatic rings. The number of carbonyl (C=O) groups is 1. The molecule has 2 heterocycles. The minimum Gasteiger partial charge on any atom is -0.294 e. The minimum absolute atomic E-state index is 0.0428. The number of nitrogens with zero attached hydrogens (tertiary/aromatic N) is 3. The van der Waals surface area contributed by atoms with Gasteiger partial charge in [-0.15, -0.1) is 0 Å². The molecule has 0 unspecified atom stereocenters. The summed E-state index contributed by atoms with van der Waals surface area (Å²) in [6.07, 6.45) is 4.02. The van der Waals surface area contributed by atoms with Crippen LogP contribution in [0.4, 0.5) is 0 Å². The Bertz CT molecular complexity index is 1250. The molecule has 1 fully saturated rings. The first-order chi connectivity index (χ1) is 17.5. The Morgan fingerprint density at radius 2 is 1.69 bits per heavy atom. The number of halogens is 1. The van der Waals surface area contributed by atoms with Crippen molar-refractivity contribution in [2.45, 2.75) is 45.6 Å². The number of benzene rings is 3.